The summed E-state index contributed by atoms with van der Waals surface area (Å²) < 4.78 is 19.1. The quantitative estimate of drug-likeness (QED) is 0.575. The van der Waals surface area contributed by atoms with Crippen molar-refractivity contribution in [2.24, 2.45) is 0 Å². The Morgan fingerprint density at radius 1 is 1.42 bits per heavy atom. The van der Waals surface area contributed by atoms with Gasteiger partial charge in [0.05, 0.1) is 25.6 Å². The van der Waals surface area contributed by atoms with Gasteiger partial charge in [0.25, 0.3) is 0 Å². The lowest BCUT2D eigenvalue weighted by Gasteiger charge is -2.36. The molecule has 1 aliphatic heterocycles. The van der Waals surface area contributed by atoms with Gasteiger partial charge < -0.3 is 18.5 Å². The number of carbonyl (C=O) groups is 1. The summed E-state index contributed by atoms with van der Waals surface area (Å²) in [6, 6.07) is 0. The Kier molecular flexibility index (Phi) is 5.88. The Hall–Kier alpha value is -1.18. The molecule has 1 fully saturated rings. The molecular weight excluding hydrogens is 324 g/mol. The van der Waals surface area contributed by atoms with Crippen molar-refractivity contribution in [2.45, 2.75) is 71.0 Å². The molecule has 7 heteroatoms. The van der Waals surface area contributed by atoms with E-state index < -0.39 is 14.3 Å². The fraction of sp³-hybridized carbons (Fsp3) is 0.765. The number of carbonyl (C=O) groups excluding carboxylic acids is 1. The van der Waals surface area contributed by atoms with Gasteiger partial charge in [-0.25, -0.2) is 9.78 Å². The Bertz CT molecular complexity index is 565. The maximum atomic E-state index is 11.7. The number of ether oxygens (including phenoxy) is 2. The first-order valence-electron chi connectivity index (χ1n) is 8.64. The molecule has 2 rings (SSSR count). The Morgan fingerprint density at radius 2 is 2.12 bits per heavy atom. The lowest BCUT2D eigenvalue weighted by Crippen LogP contribution is -2.42. The first kappa shape index (κ1) is 19.1. The Labute approximate surface area is 145 Å². The Balaban J connectivity index is 1.88. The van der Waals surface area contributed by atoms with E-state index in [1.54, 1.807) is 19.4 Å². The van der Waals surface area contributed by atoms with Crippen LogP contribution in [-0.4, -0.2) is 43.2 Å². The van der Waals surface area contributed by atoms with Gasteiger partial charge in [-0.1, -0.05) is 20.8 Å². The zero-order chi connectivity index (χ0) is 18.0. The van der Waals surface area contributed by atoms with Gasteiger partial charge in [-0.15, -0.1) is 0 Å². The molecule has 0 N–H and O–H groups in total. The summed E-state index contributed by atoms with van der Waals surface area (Å²) in [6.45, 7) is 14.0. The number of imidazole rings is 1. The molecule has 0 bridgehead atoms. The van der Waals surface area contributed by atoms with Gasteiger partial charge in [0.2, 0.25) is 0 Å². The minimum atomic E-state index is -1.75. The van der Waals surface area contributed by atoms with Gasteiger partial charge in [-0.3, -0.25) is 0 Å². The van der Waals surface area contributed by atoms with Crippen molar-refractivity contribution < 1.29 is 18.7 Å². The molecule has 1 aliphatic rings. The highest BCUT2D eigenvalue weighted by Crippen LogP contribution is 2.37. The highest BCUT2D eigenvalue weighted by molar-refractivity contribution is 6.74. The third-order valence-electron chi connectivity index (χ3n) is 4.94. The molecule has 6 nitrogen and oxygen atoms in total. The van der Waals surface area contributed by atoms with Gasteiger partial charge in [0.15, 0.2) is 14.0 Å². The van der Waals surface area contributed by atoms with Gasteiger partial charge >= 0.3 is 5.97 Å². The average Bonchev–Trinajstić information content (AvgIpc) is 3.13. The maximum absolute atomic E-state index is 11.7. The van der Waals surface area contributed by atoms with E-state index >= 15 is 0 Å². The van der Waals surface area contributed by atoms with E-state index in [0.717, 1.165) is 12.8 Å². The zero-order valence-corrected chi connectivity index (χ0v) is 16.7. The highest BCUT2D eigenvalue weighted by atomic mass is 28.4. The SMILES string of the molecule is CCOC(=O)c1cn([C@H]2CC[C@@H](CO[Si](C)(C)C(C)(C)C)O2)cn1. The summed E-state index contributed by atoms with van der Waals surface area (Å²) in [7, 11) is -1.75. The van der Waals surface area contributed by atoms with Crippen LogP contribution < -0.4 is 0 Å². The van der Waals surface area contributed by atoms with Gasteiger partial charge in [0, 0.05) is 6.20 Å². The number of rotatable bonds is 6. The highest BCUT2D eigenvalue weighted by Gasteiger charge is 2.38. The molecule has 0 radical (unpaired) electrons. The molecule has 1 aromatic heterocycles. The number of aromatic nitrogens is 2. The third kappa shape index (κ3) is 4.46. The van der Waals surface area contributed by atoms with Crippen LogP contribution >= 0.6 is 0 Å². The van der Waals surface area contributed by atoms with Crippen molar-refractivity contribution in [1.29, 1.82) is 0 Å². The topological polar surface area (TPSA) is 62.6 Å². The van der Waals surface area contributed by atoms with Crippen molar-refractivity contribution in [3.8, 4) is 0 Å². The molecule has 0 amide bonds. The Morgan fingerprint density at radius 3 is 2.75 bits per heavy atom. The van der Waals surface area contributed by atoms with Gasteiger partial charge in [-0.2, -0.15) is 0 Å². The first-order valence-corrected chi connectivity index (χ1v) is 11.5. The lowest BCUT2D eigenvalue weighted by molar-refractivity contribution is -0.0199. The monoisotopic (exact) mass is 354 g/mol. The standard InChI is InChI=1S/C17H30N2O4Si/c1-7-21-16(20)14-10-19(12-18-14)15-9-8-13(23-15)11-22-24(5,6)17(2,3)4/h10,12-13,15H,7-9,11H2,1-6H3/t13-,15+/m0/s1. The average molecular weight is 355 g/mol. The van der Waals surface area contributed by atoms with Crippen LogP contribution in [0, 0.1) is 0 Å². The molecule has 2 atom stereocenters. The predicted molar refractivity (Wildman–Crippen MR) is 94.5 cm³/mol. The maximum Gasteiger partial charge on any atom is 0.358 e. The van der Waals surface area contributed by atoms with Crippen LogP contribution in [0.15, 0.2) is 12.5 Å². The zero-order valence-electron chi connectivity index (χ0n) is 15.7. The van der Waals surface area contributed by atoms with E-state index in [2.05, 4.69) is 38.8 Å². The minimum absolute atomic E-state index is 0.0892. The van der Waals surface area contributed by atoms with E-state index in [9.17, 15) is 4.79 Å². The largest absolute Gasteiger partial charge is 0.461 e. The molecular formula is C17H30N2O4Si. The second-order valence-electron chi connectivity index (χ2n) is 7.79. The summed E-state index contributed by atoms with van der Waals surface area (Å²) in [5.41, 5.74) is 0.321. The van der Waals surface area contributed by atoms with Crippen LogP contribution in [0.25, 0.3) is 0 Å². The summed E-state index contributed by atoms with van der Waals surface area (Å²) in [5, 5.41) is 0.198. The normalized spacial score (nSPS) is 21.9. The second kappa shape index (κ2) is 7.37. The van der Waals surface area contributed by atoms with Crippen LogP contribution in [0.3, 0.4) is 0 Å². The van der Waals surface area contributed by atoms with Crippen molar-refractivity contribution >= 4 is 14.3 Å². The van der Waals surface area contributed by atoms with Crippen LogP contribution in [0.1, 0.15) is 57.3 Å². The smallest absolute Gasteiger partial charge is 0.358 e. The number of esters is 1. The number of hydrogen-bond acceptors (Lipinski definition) is 5. The van der Waals surface area contributed by atoms with Crippen LogP contribution in [0.4, 0.5) is 0 Å². The second-order valence-corrected chi connectivity index (χ2v) is 12.6. The molecule has 0 unspecified atom stereocenters. The van der Waals surface area contributed by atoms with Gasteiger partial charge in [-0.05, 0) is 37.9 Å². The van der Waals surface area contributed by atoms with Crippen LogP contribution in [0.5, 0.6) is 0 Å². The van der Waals surface area contributed by atoms with Crippen molar-refractivity contribution in [3.05, 3.63) is 18.2 Å². The van der Waals surface area contributed by atoms with Gasteiger partial charge in [0.1, 0.15) is 6.23 Å². The number of nitrogens with zero attached hydrogens (tertiary/aromatic N) is 2. The minimum Gasteiger partial charge on any atom is -0.461 e. The predicted octanol–water partition coefficient (Wildman–Crippen LogP) is 3.76. The van der Waals surface area contributed by atoms with E-state index in [4.69, 9.17) is 13.9 Å². The van der Waals surface area contributed by atoms with E-state index in [1.807, 2.05) is 4.57 Å². The lowest BCUT2D eigenvalue weighted by atomic mass is 10.2. The summed E-state index contributed by atoms with van der Waals surface area (Å²) in [4.78, 5) is 15.8. The number of hydrogen-bond donors (Lipinski definition) is 0. The van der Waals surface area contributed by atoms with Crippen molar-refractivity contribution in [2.75, 3.05) is 13.2 Å². The van der Waals surface area contributed by atoms with E-state index in [0.29, 0.717) is 18.9 Å². The molecule has 24 heavy (non-hydrogen) atoms. The molecule has 0 spiro atoms. The molecule has 0 aliphatic carbocycles. The fourth-order valence-electron chi connectivity index (χ4n) is 2.35. The van der Waals surface area contributed by atoms with Crippen molar-refractivity contribution in [3.63, 3.8) is 0 Å². The van der Waals surface area contributed by atoms with Crippen LogP contribution in [-0.2, 0) is 13.9 Å². The summed E-state index contributed by atoms with van der Waals surface area (Å²) in [6.07, 6.45) is 5.18. The third-order valence-corrected chi connectivity index (χ3v) is 9.44. The molecule has 1 aromatic rings. The molecule has 0 saturated carbocycles. The van der Waals surface area contributed by atoms with Crippen molar-refractivity contribution in [1.82, 2.24) is 9.55 Å². The van der Waals surface area contributed by atoms with E-state index in [-0.39, 0.29) is 17.4 Å². The summed E-state index contributed by atoms with van der Waals surface area (Å²) >= 11 is 0. The fourth-order valence-corrected chi connectivity index (χ4v) is 3.39. The molecule has 136 valence electrons. The molecule has 2 heterocycles. The summed E-state index contributed by atoms with van der Waals surface area (Å²) in [5.74, 6) is -0.396. The molecule has 1 saturated heterocycles. The molecule has 0 aromatic carbocycles. The van der Waals surface area contributed by atoms with E-state index in [1.165, 1.54) is 0 Å². The van der Waals surface area contributed by atoms with Crippen LogP contribution in [0.2, 0.25) is 18.1 Å². The first-order chi connectivity index (χ1) is 11.1.